The fourth-order valence-corrected chi connectivity index (χ4v) is 6.30. The summed E-state index contributed by atoms with van der Waals surface area (Å²) >= 11 is 1.30. The van der Waals surface area contributed by atoms with E-state index in [1.165, 1.54) is 31.5 Å². The van der Waals surface area contributed by atoms with Crippen LogP contribution >= 0.6 is 11.8 Å². The predicted octanol–water partition coefficient (Wildman–Crippen LogP) is 4.83. The van der Waals surface area contributed by atoms with Crippen LogP contribution in [-0.4, -0.2) is 37.5 Å². The Morgan fingerprint density at radius 3 is 2.52 bits per heavy atom. The van der Waals surface area contributed by atoms with Gasteiger partial charge in [-0.3, -0.25) is 0 Å². The molecular formula is C30H32N4O5S. The Bertz CT molecular complexity index is 1470. The minimum Gasteiger partial charge on any atom is -0.493 e. The molecule has 9 nitrogen and oxygen atoms in total. The standard InChI is InChI=1S/C30H32N4O5S/c1-5-22-18-11-8-7-10-17(18)20(14-31)29(34-22)40-16-24-26(30(35)38-6-2)25(21(15-32)28(33)39-24)19-12-9-13-23(36-3)27(19)37-4/h9,12-13,25H,5-8,10-11,16,33H2,1-4H3/t25-/m0/s1. The maximum absolute atomic E-state index is 13.5. The average molecular weight is 561 g/mol. The Balaban J connectivity index is 1.85. The molecule has 0 saturated heterocycles. The van der Waals surface area contributed by atoms with Gasteiger partial charge in [0.1, 0.15) is 28.5 Å². The lowest BCUT2D eigenvalue weighted by molar-refractivity contribution is -0.139. The van der Waals surface area contributed by atoms with Gasteiger partial charge in [-0.15, -0.1) is 0 Å². The molecule has 208 valence electrons. The van der Waals surface area contributed by atoms with Crippen LogP contribution < -0.4 is 15.2 Å². The number of ether oxygens (including phenoxy) is 4. The highest BCUT2D eigenvalue weighted by molar-refractivity contribution is 7.99. The molecule has 2 aromatic rings. The fourth-order valence-electron chi connectivity index (χ4n) is 5.33. The molecule has 1 aromatic heterocycles. The lowest BCUT2D eigenvalue weighted by atomic mass is 9.82. The Labute approximate surface area is 238 Å². The van der Waals surface area contributed by atoms with E-state index in [1.54, 1.807) is 25.1 Å². The van der Waals surface area contributed by atoms with Crippen molar-refractivity contribution in [3.63, 3.8) is 0 Å². The van der Waals surface area contributed by atoms with Crippen molar-refractivity contribution in [2.24, 2.45) is 5.73 Å². The number of carbonyl (C=O) groups excluding carboxylic acids is 1. The molecule has 0 spiro atoms. The van der Waals surface area contributed by atoms with Crippen molar-refractivity contribution in [1.29, 1.82) is 10.5 Å². The maximum Gasteiger partial charge on any atom is 0.338 e. The van der Waals surface area contributed by atoms with E-state index in [2.05, 4.69) is 19.1 Å². The number of fused-ring (bicyclic) bond motifs is 1. The number of hydrogen-bond acceptors (Lipinski definition) is 10. The van der Waals surface area contributed by atoms with E-state index < -0.39 is 11.9 Å². The van der Waals surface area contributed by atoms with Crippen molar-refractivity contribution in [2.75, 3.05) is 26.6 Å². The Morgan fingerprint density at radius 1 is 1.15 bits per heavy atom. The number of nitriles is 2. The molecule has 0 saturated carbocycles. The lowest BCUT2D eigenvalue weighted by Crippen LogP contribution is -2.27. The molecule has 1 atom stereocenters. The van der Waals surface area contributed by atoms with Gasteiger partial charge in [-0.25, -0.2) is 9.78 Å². The molecule has 1 aliphatic carbocycles. The van der Waals surface area contributed by atoms with Crippen molar-refractivity contribution in [3.8, 4) is 23.6 Å². The predicted molar refractivity (Wildman–Crippen MR) is 150 cm³/mol. The number of nitrogens with zero attached hydrogens (tertiary/aromatic N) is 3. The number of methoxy groups -OCH3 is 2. The number of allylic oxidation sites excluding steroid dienone is 1. The van der Waals surface area contributed by atoms with Crippen molar-refractivity contribution >= 4 is 17.7 Å². The fraction of sp³-hybridized carbons (Fsp3) is 0.400. The summed E-state index contributed by atoms with van der Waals surface area (Å²) in [4.78, 5) is 18.3. The number of aryl methyl sites for hydroxylation is 1. The quantitative estimate of drug-likeness (QED) is 0.335. The highest BCUT2D eigenvalue weighted by Gasteiger charge is 2.40. The van der Waals surface area contributed by atoms with Gasteiger partial charge in [-0.05, 0) is 56.2 Å². The van der Waals surface area contributed by atoms with Gasteiger partial charge in [0, 0.05) is 11.3 Å². The van der Waals surface area contributed by atoms with E-state index >= 15 is 0 Å². The molecule has 2 heterocycles. The van der Waals surface area contributed by atoms with E-state index in [0.29, 0.717) is 27.7 Å². The van der Waals surface area contributed by atoms with Crippen LogP contribution in [0.15, 0.2) is 46.0 Å². The molecule has 10 heteroatoms. The number of esters is 1. The van der Waals surface area contributed by atoms with Gasteiger partial charge in [0.05, 0.1) is 43.6 Å². The number of nitrogens with two attached hydrogens (primary N) is 1. The summed E-state index contributed by atoms with van der Waals surface area (Å²) < 4.78 is 22.5. The third-order valence-corrected chi connectivity index (χ3v) is 8.07. The second-order valence-corrected chi connectivity index (χ2v) is 10.2. The third kappa shape index (κ3) is 5.32. The number of carbonyl (C=O) groups is 1. The first-order valence-corrected chi connectivity index (χ1v) is 14.2. The lowest BCUT2D eigenvalue weighted by Gasteiger charge is -2.29. The van der Waals surface area contributed by atoms with Crippen molar-refractivity contribution < 1.29 is 23.7 Å². The van der Waals surface area contributed by atoms with Crippen LogP contribution in [0.25, 0.3) is 0 Å². The molecule has 40 heavy (non-hydrogen) atoms. The van der Waals surface area contributed by atoms with E-state index in [0.717, 1.165) is 43.4 Å². The molecule has 2 N–H and O–H groups in total. The van der Waals surface area contributed by atoms with Crippen molar-refractivity contribution in [3.05, 3.63) is 68.9 Å². The summed E-state index contributed by atoms with van der Waals surface area (Å²) in [6.07, 6.45) is 4.64. The summed E-state index contributed by atoms with van der Waals surface area (Å²) in [5, 5.41) is 20.7. The summed E-state index contributed by atoms with van der Waals surface area (Å²) in [7, 11) is 2.99. The first-order chi connectivity index (χ1) is 19.4. The number of rotatable bonds is 9. The molecule has 4 rings (SSSR count). The molecule has 0 radical (unpaired) electrons. The van der Waals surface area contributed by atoms with E-state index in [4.69, 9.17) is 29.7 Å². The van der Waals surface area contributed by atoms with Gasteiger partial charge in [0.25, 0.3) is 0 Å². The van der Waals surface area contributed by atoms with Crippen LogP contribution in [0.5, 0.6) is 11.5 Å². The molecule has 0 amide bonds. The van der Waals surface area contributed by atoms with Crippen LogP contribution in [0, 0.1) is 22.7 Å². The molecule has 1 aromatic carbocycles. The molecule has 0 bridgehead atoms. The molecule has 0 unspecified atom stereocenters. The average Bonchev–Trinajstić information content (AvgIpc) is 2.98. The summed E-state index contributed by atoms with van der Waals surface area (Å²) in [5.74, 6) is -0.504. The second-order valence-electron chi connectivity index (χ2n) is 9.22. The molecule has 2 aliphatic rings. The molecule has 0 fully saturated rings. The van der Waals surface area contributed by atoms with E-state index in [1.807, 2.05) is 0 Å². The van der Waals surface area contributed by atoms with Gasteiger partial charge in [-0.2, -0.15) is 10.5 Å². The topological polar surface area (TPSA) is 140 Å². The Kier molecular flexibility index (Phi) is 9.23. The summed E-state index contributed by atoms with van der Waals surface area (Å²) in [6, 6.07) is 9.69. The van der Waals surface area contributed by atoms with Crippen LogP contribution in [0.1, 0.15) is 60.6 Å². The highest BCUT2D eigenvalue weighted by atomic mass is 32.2. The zero-order valence-electron chi connectivity index (χ0n) is 23.1. The van der Waals surface area contributed by atoms with Gasteiger partial charge < -0.3 is 24.7 Å². The first kappa shape index (κ1) is 28.8. The van der Waals surface area contributed by atoms with Gasteiger partial charge >= 0.3 is 5.97 Å². The van der Waals surface area contributed by atoms with Gasteiger partial charge in [0.15, 0.2) is 11.5 Å². The van der Waals surface area contributed by atoms with E-state index in [9.17, 15) is 15.3 Å². The molecular weight excluding hydrogens is 528 g/mol. The third-order valence-electron chi connectivity index (χ3n) is 7.09. The maximum atomic E-state index is 13.5. The minimum atomic E-state index is -0.920. The van der Waals surface area contributed by atoms with Crippen molar-refractivity contribution in [2.45, 2.75) is 56.9 Å². The molecule has 1 aliphatic heterocycles. The number of aromatic nitrogens is 1. The highest BCUT2D eigenvalue weighted by Crippen LogP contribution is 2.46. The minimum absolute atomic E-state index is 0.0567. The number of hydrogen-bond donors (Lipinski definition) is 1. The zero-order chi connectivity index (χ0) is 28.8. The number of benzene rings is 1. The number of pyridine rings is 1. The van der Waals surface area contributed by atoms with Crippen LogP contribution in [0.3, 0.4) is 0 Å². The van der Waals surface area contributed by atoms with Gasteiger partial charge in [0.2, 0.25) is 5.88 Å². The van der Waals surface area contributed by atoms with Crippen LogP contribution in [0.4, 0.5) is 0 Å². The van der Waals surface area contributed by atoms with Crippen molar-refractivity contribution in [1.82, 2.24) is 4.98 Å². The smallest absolute Gasteiger partial charge is 0.338 e. The van der Waals surface area contributed by atoms with Crippen LogP contribution in [0.2, 0.25) is 0 Å². The monoisotopic (exact) mass is 560 g/mol. The largest absolute Gasteiger partial charge is 0.493 e. The summed E-state index contributed by atoms with van der Waals surface area (Å²) in [5.41, 5.74) is 10.8. The first-order valence-electron chi connectivity index (χ1n) is 13.2. The number of thioether (sulfide) groups is 1. The van der Waals surface area contributed by atoms with E-state index in [-0.39, 0.29) is 35.1 Å². The zero-order valence-corrected chi connectivity index (χ0v) is 23.9. The normalized spacial score (nSPS) is 16.4. The Hall–Kier alpha value is -4.15. The SMILES string of the molecule is CCOC(=O)C1=C(CSc2nc(CC)c3c(c2C#N)CCCC3)OC(N)=C(C#N)[C@@H]1c1cccc(OC)c1OC. The second kappa shape index (κ2) is 12.8. The number of para-hydroxylation sites is 1. The van der Waals surface area contributed by atoms with Crippen LogP contribution in [-0.2, 0) is 33.5 Å². The summed E-state index contributed by atoms with van der Waals surface area (Å²) in [6.45, 7) is 3.89. The Morgan fingerprint density at radius 2 is 1.90 bits per heavy atom. The van der Waals surface area contributed by atoms with Gasteiger partial charge in [-0.1, -0.05) is 30.8 Å².